The van der Waals surface area contributed by atoms with Gasteiger partial charge in [0, 0.05) is 0 Å². The van der Waals surface area contributed by atoms with Gasteiger partial charge in [0.1, 0.15) is 12.4 Å². The molecule has 1 saturated heterocycles. The van der Waals surface area contributed by atoms with Crippen LogP contribution in [0.15, 0.2) is 12.1 Å². The fourth-order valence-corrected chi connectivity index (χ4v) is 5.19. The monoisotopic (exact) mass is 456 g/mol. The number of hydrogen-bond donors (Lipinski definition) is 0. The molecule has 1 saturated carbocycles. The van der Waals surface area contributed by atoms with Crippen molar-refractivity contribution >= 4 is 0 Å². The number of ether oxygens (including phenoxy) is 3. The van der Waals surface area contributed by atoms with Gasteiger partial charge in [-0.3, -0.25) is 0 Å². The van der Waals surface area contributed by atoms with Crippen LogP contribution in [0.4, 0.5) is 13.2 Å². The van der Waals surface area contributed by atoms with Crippen LogP contribution in [-0.2, 0) is 4.74 Å². The zero-order chi connectivity index (χ0) is 22.9. The number of unbranched alkanes of at least 4 members (excludes halogenated alkanes) is 1. The SMILES string of the molecule is CCCCOc1ccc(OCC2CCC(C3CCC(CCC)CC3)CO2)c(C(F)F)c1F. The van der Waals surface area contributed by atoms with Gasteiger partial charge in [-0.1, -0.05) is 46.0 Å². The maximum atomic E-state index is 14.6. The Morgan fingerprint density at radius 1 is 0.938 bits per heavy atom. The Morgan fingerprint density at radius 2 is 1.66 bits per heavy atom. The van der Waals surface area contributed by atoms with Gasteiger partial charge in [0.25, 0.3) is 6.43 Å². The molecule has 3 rings (SSSR count). The highest BCUT2D eigenvalue weighted by Gasteiger charge is 2.32. The molecule has 2 unspecified atom stereocenters. The summed E-state index contributed by atoms with van der Waals surface area (Å²) in [6.07, 6.45) is 8.32. The first-order valence-corrected chi connectivity index (χ1v) is 12.5. The lowest BCUT2D eigenvalue weighted by molar-refractivity contribution is -0.0564. The van der Waals surface area contributed by atoms with Gasteiger partial charge in [-0.25, -0.2) is 13.2 Å². The molecule has 1 heterocycles. The molecule has 182 valence electrons. The molecule has 1 aromatic rings. The zero-order valence-corrected chi connectivity index (χ0v) is 19.6. The van der Waals surface area contributed by atoms with Crippen LogP contribution in [0.5, 0.6) is 11.5 Å². The molecule has 3 nitrogen and oxygen atoms in total. The minimum Gasteiger partial charge on any atom is -0.491 e. The lowest BCUT2D eigenvalue weighted by atomic mass is 9.73. The standard InChI is InChI=1S/C26H39F3O3/c1-3-5-15-30-23-14-13-22(24(25(23)27)26(28)29)32-17-21-12-11-20(16-31-21)19-9-7-18(6-4-2)8-10-19/h13-14,18-21,26H,3-12,15-17H2,1-2H3. The Kier molecular flexibility index (Phi) is 10.0. The van der Waals surface area contributed by atoms with Gasteiger partial charge in [-0.15, -0.1) is 0 Å². The normalized spacial score (nSPS) is 26.3. The van der Waals surface area contributed by atoms with Crippen LogP contribution < -0.4 is 9.47 Å². The van der Waals surface area contributed by atoms with E-state index in [1.165, 1.54) is 50.7 Å². The third-order valence-corrected chi connectivity index (χ3v) is 7.16. The quantitative estimate of drug-likeness (QED) is 0.319. The minimum atomic E-state index is -2.97. The van der Waals surface area contributed by atoms with E-state index in [9.17, 15) is 13.2 Å². The second-order valence-electron chi connectivity index (χ2n) is 9.47. The number of benzene rings is 1. The first-order valence-electron chi connectivity index (χ1n) is 12.5. The third kappa shape index (κ3) is 6.79. The molecule has 0 N–H and O–H groups in total. The second kappa shape index (κ2) is 12.7. The number of rotatable bonds is 11. The summed E-state index contributed by atoms with van der Waals surface area (Å²) in [5.74, 6) is 0.922. The largest absolute Gasteiger partial charge is 0.491 e. The summed E-state index contributed by atoms with van der Waals surface area (Å²) < 4.78 is 58.7. The predicted octanol–water partition coefficient (Wildman–Crippen LogP) is 7.72. The Bertz CT molecular complexity index is 681. The Labute approximate surface area is 191 Å². The number of alkyl halides is 2. The topological polar surface area (TPSA) is 27.7 Å². The highest BCUT2D eigenvalue weighted by Crippen LogP contribution is 2.40. The van der Waals surface area contributed by atoms with E-state index >= 15 is 0 Å². The molecule has 6 heteroatoms. The van der Waals surface area contributed by atoms with E-state index in [0.29, 0.717) is 19.1 Å². The van der Waals surface area contributed by atoms with E-state index in [2.05, 4.69) is 6.92 Å². The van der Waals surface area contributed by atoms with Crippen LogP contribution in [-0.4, -0.2) is 25.9 Å². The molecule has 2 atom stereocenters. The molecular weight excluding hydrogens is 417 g/mol. The van der Waals surface area contributed by atoms with Crippen LogP contribution in [0.1, 0.15) is 90.0 Å². The van der Waals surface area contributed by atoms with Crippen molar-refractivity contribution in [2.75, 3.05) is 19.8 Å². The van der Waals surface area contributed by atoms with Gasteiger partial charge in [-0.05, 0) is 62.0 Å². The number of hydrogen-bond acceptors (Lipinski definition) is 3. The van der Waals surface area contributed by atoms with Crippen molar-refractivity contribution in [1.29, 1.82) is 0 Å². The van der Waals surface area contributed by atoms with Crippen LogP contribution in [0.25, 0.3) is 0 Å². The smallest absolute Gasteiger partial charge is 0.270 e. The number of halogens is 3. The van der Waals surface area contributed by atoms with Crippen LogP contribution in [0.2, 0.25) is 0 Å². The molecule has 1 aliphatic heterocycles. The van der Waals surface area contributed by atoms with Gasteiger partial charge in [-0.2, -0.15) is 0 Å². The highest BCUT2D eigenvalue weighted by molar-refractivity contribution is 5.43. The molecule has 2 aliphatic rings. The van der Waals surface area contributed by atoms with Crippen LogP contribution in [0.3, 0.4) is 0 Å². The van der Waals surface area contributed by atoms with Crippen molar-refractivity contribution < 1.29 is 27.4 Å². The summed E-state index contributed by atoms with van der Waals surface area (Å²) in [7, 11) is 0. The Hall–Kier alpha value is -1.43. The molecule has 32 heavy (non-hydrogen) atoms. The molecule has 0 amide bonds. The summed E-state index contributed by atoms with van der Waals surface area (Å²) in [5, 5.41) is 0. The van der Waals surface area contributed by atoms with Crippen molar-refractivity contribution in [3.63, 3.8) is 0 Å². The fourth-order valence-electron chi connectivity index (χ4n) is 5.19. The highest BCUT2D eigenvalue weighted by atomic mass is 19.3. The summed E-state index contributed by atoms with van der Waals surface area (Å²) in [6.45, 7) is 5.41. The molecule has 0 aromatic heterocycles. The summed E-state index contributed by atoms with van der Waals surface area (Å²) in [5.41, 5.74) is -0.725. The molecule has 2 fully saturated rings. The van der Waals surface area contributed by atoms with Gasteiger partial charge >= 0.3 is 0 Å². The third-order valence-electron chi connectivity index (χ3n) is 7.16. The molecule has 0 bridgehead atoms. The van der Waals surface area contributed by atoms with Crippen molar-refractivity contribution in [2.45, 2.75) is 90.6 Å². The van der Waals surface area contributed by atoms with Crippen molar-refractivity contribution in [3.8, 4) is 11.5 Å². The molecular formula is C26H39F3O3. The lowest BCUT2D eigenvalue weighted by Gasteiger charge is -2.37. The van der Waals surface area contributed by atoms with Crippen molar-refractivity contribution in [2.24, 2.45) is 17.8 Å². The molecule has 1 aliphatic carbocycles. The predicted molar refractivity (Wildman–Crippen MR) is 120 cm³/mol. The average Bonchev–Trinajstić information content (AvgIpc) is 2.80. The lowest BCUT2D eigenvalue weighted by Crippen LogP contribution is -2.35. The van der Waals surface area contributed by atoms with Gasteiger partial charge < -0.3 is 14.2 Å². The second-order valence-corrected chi connectivity index (χ2v) is 9.47. The average molecular weight is 457 g/mol. The first kappa shape index (κ1) is 25.2. The van der Waals surface area contributed by atoms with Crippen molar-refractivity contribution in [1.82, 2.24) is 0 Å². The van der Waals surface area contributed by atoms with Gasteiger partial charge in [0.05, 0.1) is 24.9 Å². The van der Waals surface area contributed by atoms with E-state index < -0.39 is 17.8 Å². The van der Waals surface area contributed by atoms with Gasteiger partial charge in [0.15, 0.2) is 11.6 Å². The van der Waals surface area contributed by atoms with Crippen molar-refractivity contribution in [3.05, 3.63) is 23.5 Å². The fraction of sp³-hybridized carbons (Fsp3) is 0.769. The van der Waals surface area contributed by atoms with E-state index in [0.717, 1.165) is 37.5 Å². The van der Waals surface area contributed by atoms with Crippen LogP contribution >= 0.6 is 0 Å². The van der Waals surface area contributed by atoms with E-state index in [1.807, 2.05) is 6.92 Å². The van der Waals surface area contributed by atoms with E-state index in [-0.39, 0.29) is 24.2 Å². The molecule has 0 radical (unpaired) electrons. The summed E-state index contributed by atoms with van der Waals surface area (Å²) in [4.78, 5) is 0. The Balaban J connectivity index is 1.48. The Morgan fingerprint density at radius 3 is 2.28 bits per heavy atom. The zero-order valence-electron chi connectivity index (χ0n) is 19.6. The minimum absolute atomic E-state index is 0.125. The summed E-state index contributed by atoms with van der Waals surface area (Å²) >= 11 is 0. The molecule has 1 aromatic carbocycles. The molecule has 0 spiro atoms. The maximum absolute atomic E-state index is 14.6. The van der Waals surface area contributed by atoms with E-state index in [4.69, 9.17) is 14.2 Å². The van der Waals surface area contributed by atoms with E-state index in [1.54, 1.807) is 0 Å². The van der Waals surface area contributed by atoms with Gasteiger partial charge in [0.2, 0.25) is 0 Å². The maximum Gasteiger partial charge on any atom is 0.270 e. The summed E-state index contributed by atoms with van der Waals surface area (Å²) in [6, 6.07) is 2.76. The van der Waals surface area contributed by atoms with Crippen LogP contribution in [0, 0.1) is 23.6 Å². The first-order chi connectivity index (χ1) is 15.5.